The van der Waals surface area contributed by atoms with Crippen LogP contribution in [0.1, 0.15) is 28.8 Å². The smallest absolute Gasteiger partial charge is 0.279 e. The Morgan fingerprint density at radius 1 is 1.13 bits per heavy atom. The number of aromatic nitrogens is 1. The van der Waals surface area contributed by atoms with Crippen molar-refractivity contribution in [2.75, 3.05) is 18.6 Å². The van der Waals surface area contributed by atoms with E-state index in [1.807, 2.05) is 29.7 Å². The van der Waals surface area contributed by atoms with Crippen molar-refractivity contribution < 1.29 is 19.1 Å². The maximum Gasteiger partial charge on any atom is 0.279 e. The Hall–Kier alpha value is -3.10. The number of nitrogens with zero attached hydrogens (tertiary/aromatic N) is 3. The predicted molar refractivity (Wildman–Crippen MR) is 114 cm³/mol. The molecule has 1 saturated heterocycles. The van der Waals surface area contributed by atoms with Crippen LogP contribution in [0, 0.1) is 6.92 Å². The Kier molecular flexibility index (Phi) is 5.61. The van der Waals surface area contributed by atoms with Crippen molar-refractivity contribution in [3.63, 3.8) is 0 Å². The van der Waals surface area contributed by atoms with Crippen LogP contribution < -0.4 is 9.70 Å². The number of anilines is 1. The summed E-state index contributed by atoms with van der Waals surface area (Å²) in [4.78, 5) is 43.1. The number of amides is 3. The molecular formula is C22H21N3O4S. The number of imide groups is 1. The molecule has 30 heavy (non-hydrogen) atoms. The van der Waals surface area contributed by atoms with Gasteiger partial charge in [-0.2, -0.15) is 4.99 Å². The molecule has 0 radical (unpaired) electrons. The molecule has 0 N–H and O–H groups in total. The fourth-order valence-electron chi connectivity index (χ4n) is 3.58. The molecule has 0 bridgehead atoms. The number of fused-ring (bicyclic) bond motifs is 1. The van der Waals surface area contributed by atoms with E-state index in [9.17, 15) is 14.4 Å². The van der Waals surface area contributed by atoms with Gasteiger partial charge in [-0.3, -0.25) is 19.3 Å². The Labute approximate surface area is 177 Å². The summed E-state index contributed by atoms with van der Waals surface area (Å²) in [6, 6.07) is 12.5. The molecule has 7 nitrogen and oxygen atoms in total. The van der Waals surface area contributed by atoms with Crippen LogP contribution in [0.15, 0.2) is 47.5 Å². The van der Waals surface area contributed by atoms with Crippen LogP contribution in [-0.2, 0) is 20.9 Å². The van der Waals surface area contributed by atoms with Gasteiger partial charge in [-0.1, -0.05) is 29.5 Å². The summed E-state index contributed by atoms with van der Waals surface area (Å²) in [6.07, 6.45) is 0.393. The topological polar surface area (TPSA) is 81.0 Å². The third-order valence-electron chi connectivity index (χ3n) is 5.02. The largest absolute Gasteiger partial charge is 0.383 e. The van der Waals surface area contributed by atoms with E-state index >= 15 is 0 Å². The highest BCUT2D eigenvalue weighted by Gasteiger charge is 2.30. The summed E-state index contributed by atoms with van der Waals surface area (Å²) in [6.45, 7) is 3.10. The lowest BCUT2D eigenvalue weighted by Gasteiger charge is -2.14. The van der Waals surface area contributed by atoms with Crippen molar-refractivity contribution in [1.82, 2.24) is 4.57 Å². The van der Waals surface area contributed by atoms with E-state index in [0.717, 1.165) is 20.7 Å². The van der Waals surface area contributed by atoms with Gasteiger partial charge in [0.25, 0.3) is 5.91 Å². The van der Waals surface area contributed by atoms with Crippen LogP contribution in [-0.4, -0.2) is 36.0 Å². The number of ether oxygens (including phenoxy) is 1. The van der Waals surface area contributed by atoms with Crippen LogP contribution >= 0.6 is 11.3 Å². The molecule has 1 aliphatic heterocycles. The Bertz CT molecular complexity index is 1210. The highest BCUT2D eigenvalue weighted by atomic mass is 32.1. The number of carbonyl (C=O) groups excluding carboxylic acids is 3. The zero-order valence-electron chi connectivity index (χ0n) is 16.8. The second kappa shape index (κ2) is 8.33. The van der Waals surface area contributed by atoms with Gasteiger partial charge in [0.05, 0.1) is 22.5 Å². The SMILES string of the molecule is COCCn1c(=NC(=O)c2cccc(N3C(=O)CCC3=O)c2)sc2cccc(C)c21. The van der Waals surface area contributed by atoms with Gasteiger partial charge in [0.2, 0.25) is 11.8 Å². The molecule has 3 amide bonds. The molecule has 2 aromatic carbocycles. The van der Waals surface area contributed by atoms with E-state index in [0.29, 0.717) is 29.2 Å². The van der Waals surface area contributed by atoms with E-state index in [2.05, 4.69) is 4.99 Å². The first kappa shape index (κ1) is 20.2. The average molecular weight is 423 g/mol. The molecule has 2 heterocycles. The van der Waals surface area contributed by atoms with Gasteiger partial charge in [-0.15, -0.1) is 0 Å². The first-order chi connectivity index (χ1) is 14.5. The molecule has 4 rings (SSSR count). The quantitative estimate of drug-likeness (QED) is 0.591. The van der Waals surface area contributed by atoms with E-state index in [4.69, 9.17) is 4.74 Å². The zero-order valence-corrected chi connectivity index (χ0v) is 17.6. The van der Waals surface area contributed by atoms with Crippen LogP contribution in [0.25, 0.3) is 10.2 Å². The molecule has 0 atom stereocenters. The van der Waals surface area contributed by atoms with E-state index in [-0.39, 0.29) is 24.7 Å². The third-order valence-corrected chi connectivity index (χ3v) is 6.07. The molecule has 0 saturated carbocycles. The van der Waals surface area contributed by atoms with Crippen LogP contribution in [0.2, 0.25) is 0 Å². The molecule has 0 aliphatic carbocycles. The fraction of sp³-hybridized carbons (Fsp3) is 0.273. The number of para-hydroxylation sites is 1. The first-order valence-electron chi connectivity index (χ1n) is 9.62. The molecular weight excluding hydrogens is 402 g/mol. The van der Waals surface area contributed by atoms with Crippen LogP contribution in [0.4, 0.5) is 5.69 Å². The number of aryl methyl sites for hydroxylation is 1. The molecule has 0 spiro atoms. The van der Waals surface area contributed by atoms with Crippen molar-refractivity contribution in [1.29, 1.82) is 0 Å². The normalized spacial score (nSPS) is 14.9. The summed E-state index contributed by atoms with van der Waals surface area (Å²) >= 11 is 1.44. The molecule has 1 fully saturated rings. The van der Waals surface area contributed by atoms with Gasteiger partial charge >= 0.3 is 0 Å². The summed E-state index contributed by atoms with van der Waals surface area (Å²) < 4.78 is 8.26. The number of carbonyl (C=O) groups is 3. The lowest BCUT2D eigenvalue weighted by Crippen LogP contribution is -2.28. The van der Waals surface area contributed by atoms with Gasteiger partial charge < -0.3 is 9.30 Å². The number of thiazole rings is 1. The van der Waals surface area contributed by atoms with E-state index in [1.54, 1.807) is 31.4 Å². The van der Waals surface area contributed by atoms with Crippen LogP contribution in [0.3, 0.4) is 0 Å². The predicted octanol–water partition coefficient (Wildman–Crippen LogP) is 3.05. The third kappa shape index (κ3) is 3.71. The van der Waals surface area contributed by atoms with Gasteiger partial charge in [-0.05, 0) is 36.8 Å². The fourth-order valence-corrected chi connectivity index (χ4v) is 4.71. The molecule has 1 aromatic heterocycles. The van der Waals surface area contributed by atoms with Crippen molar-refractivity contribution in [3.05, 3.63) is 58.4 Å². The van der Waals surface area contributed by atoms with Crippen molar-refractivity contribution in [3.8, 4) is 0 Å². The standard InChI is InChI=1S/C22H21N3O4S/c1-14-5-3-8-17-20(14)24(11-12-29-2)22(30-17)23-21(28)15-6-4-7-16(13-15)25-18(26)9-10-19(25)27/h3-8,13H,9-12H2,1-2H3. The molecule has 1 aliphatic rings. The average Bonchev–Trinajstić information content (AvgIpc) is 3.26. The monoisotopic (exact) mass is 423 g/mol. The van der Waals surface area contributed by atoms with Crippen LogP contribution in [0.5, 0.6) is 0 Å². The number of methoxy groups -OCH3 is 1. The number of benzene rings is 2. The van der Waals surface area contributed by atoms with Gasteiger partial charge in [0, 0.05) is 32.1 Å². The molecule has 8 heteroatoms. The van der Waals surface area contributed by atoms with Gasteiger partial charge in [0.15, 0.2) is 4.80 Å². The summed E-state index contributed by atoms with van der Waals surface area (Å²) in [5, 5.41) is 0. The minimum absolute atomic E-state index is 0.196. The lowest BCUT2D eigenvalue weighted by molar-refractivity contribution is -0.121. The van der Waals surface area contributed by atoms with E-state index < -0.39 is 5.91 Å². The minimum Gasteiger partial charge on any atom is -0.383 e. The van der Waals surface area contributed by atoms with Crippen molar-refractivity contribution in [2.45, 2.75) is 26.3 Å². The summed E-state index contributed by atoms with van der Waals surface area (Å²) in [7, 11) is 1.64. The number of rotatable bonds is 5. The Balaban J connectivity index is 1.75. The molecule has 0 unspecified atom stereocenters. The first-order valence-corrected chi connectivity index (χ1v) is 10.4. The Morgan fingerprint density at radius 3 is 2.60 bits per heavy atom. The highest BCUT2D eigenvalue weighted by Crippen LogP contribution is 2.24. The van der Waals surface area contributed by atoms with Crippen molar-refractivity contribution in [2.24, 2.45) is 4.99 Å². The Morgan fingerprint density at radius 2 is 1.87 bits per heavy atom. The highest BCUT2D eigenvalue weighted by molar-refractivity contribution is 7.16. The minimum atomic E-state index is -0.425. The lowest BCUT2D eigenvalue weighted by atomic mass is 10.2. The zero-order chi connectivity index (χ0) is 21.3. The molecule has 3 aromatic rings. The number of hydrogen-bond acceptors (Lipinski definition) is 5. The van der Waals surface area contributed by atoms with Gasteiger partial charge in [-0.25, -0.2) is 0 Å². The summed E-state index contributed by atoms with van der Waals surface area (Å²) in [5.41, 5.74) is 2.87. The maximum atomic E-state index is 12.9. The molecule has 154 valence electrons. The van der Waals surface area contributed by atoms with Crippen molar-refractivity contribution >= 4 is 45.0 Å². The van der Waals surface area contributed by atoms with E-state index in [1.165, 1.54) is 11.3 Å². The summed E-state index contributed by atoms with van der Waals surface area (Å²) in [5.74, 6) is -0.927. The second-order valence-corrected chi connectivity index (χ2v) is 8.05. The van der Waals surface area contributed by atoms with Gasteiger partial charge in [0.1, 0.15) is 0 Å². The maximum absolute atomic E-state index is 12.9. The number of hydrogen-bond donors (Lipinski definition) is 0. The second-order valence-electron chi connectivity index (χ2n) is 7.04.